The molecule has 0 aliphatic rings. The van der Waals surface area contributed by atoms with Gasteiger partial charge in [-0.15, -0.1) is 0 Å². The summed E-state index contributed by atoms with van der Waals surface area (Å²) in [7, 11) is 0. The molecule has 2 heterocycles. The molecule has 0 saturated heterocycles. The van der Waals surface area contributed by atoms with Gasteiger partial charge < -0.3 is 4.42 Å². The van der Waals surface area contributed by atoms with Crippen molar-refractivity contribution in [2.24, 2.45) is 0 Å². The first kappa shape index (κ1) is 29.0. The zero-order valence-electron chi connectivity index (χ0n) is 27.5. The van der Waals surface area contributed by atoms with Gasteiger partial charge in [0.1, 0.15) is 11.2 Å². The third-order valence-electron chi connectivity index (χ3n) is 9.71. The van der Waals surface area contributed by atoms with Crippen molar-refractivity contribution in [3.63, 3.8) is 0 Å². The first-order chi connectivity index (χ1) is 25.3. The van der Waals surface area contributed by atoms with E-state index in [0.717, 1.165) is 60.9 Å². The Morgan fingerprint density at radius 1 is 0.333 bits per heavy atom. The van der Waals surface area contributed by atoms with Crippen LogP contribution in [0.4, 0.5) is 0 Å². The van der Waals surface area contributed by atoms with Gasteiger partial charge in [0, 0.05) is 33.0 Å². The SMILES string of the molecule is c1ccc(-c2nc(-c3ccccc3)nc(-c3cccc(-c4cccc5c4oc4cccc(-c6ccc7c(ccc8ccccc87)c6)c45)c3)n2)cc1. The van der Waals surface area contributed by atoms with Gasteiger partial charge in [0.05, 0.1) is 0 Å². The Kier molecular flexibility index (Phi) is 6.78. The standard InChI is InChI=1S/C47H29N3O/c1-3-13-31(14-4-1)45-48-46(32-15-5-2-6-16-32)50-47(49-45)36-18-9-17-33(29-36)40-21-10-22-41-43-39(20-11-23-42(43)51-44(40)41)35-26-27-38-34(28-35)25-24-30-12-7-8-19-37(30)38/h1-29H. The monoisotopic (exact) mass is 651 g/mol. The van der Waals surface area contributed by atoms with Crippen LogP contribution in [0.15, 0.2) is 180 Å². The molecule has 4 nitrogen and oxygen atoms in total. The van der Waals surface area contributed by atoms with E-state index >= 15 is 0 Å². The Bertz CT molecular complexity index is 2860. The van der Waals surface area contributed by atoms with Crippen LogP contribution in [0, 0.1) is 0 Å². The summed E-state index contributed by atoms with van der Waals surface area (Å²) in [4.78, 5) is 14.8. The largest absolute Gasteiger partial charge is 0.455 e. The summed E-state index contributed by atoms with van der Waals surface area (Å²) in [6, 6.07) is 61.0. The smallest absolute Gasteiger partial charge is 0.164 e. The summed E-state index contributed by atoms with van der Waals surface area (Å²) in [5.74, 6) is 1.89. The molecule has 0 saturated carbocycles. The molecule has 0 aliphatic carbocycles. The van der Waals surface area contributed by atoms with Gasteiger partial charge in [0.25, 0.3) is 0 Å². The second kappa shape index (κ2) is 11.9. The molecule has 0 N–H and O–H groups in total. The second-order valence-electron chi connectivity index (χ2n) is 12.8. The van der Waals surface area contributed by atoms with Crippen molar-refractivity contribution >= 4 is 43.5 Å². The average Bonchev–Trinajstić information content (AvgIpc) is 3.60. The van der Waals surface area contributed by atoms with E-state index in [1.165, 1.54) is 21.5 Å². The van der Waals surface area contributed by atoms with Crippen molar-refractivity contribution in [1.82, 2.24) is 15.0 Å². The van der Waals surface area contributed by atoms with E-state index < -0.39 is 0 Å². The summed E-state index contributed by atoms with van der Waals surface area (Å²) < 4.78 is 6.70. The van der Waals surface area contributed by atoms with E-state index in [0.29, 0.717) is 17.5 Å². The lowest BCUT2D eigenvalue weighted by atomic mass is 9.94. The van der Waals surface area contributed by atoms with Crippen molar-refractivity contribution in [2.45, 2.75) is 0 Å². The van der Waals surface area contributed by atoms with Crippen molar-refractivity contribution < 1.29 is 4.42 Å². The number of rotatable bonds is 5. The fraction of sp³-hybridized carbons (Fsp3) is 0. The Morgan fingerprint density at radius 3 is 1.67 bits per heavy atom. The van der Waals surface area contributed by atoms with Gasteiger partial charge in [0.2, 0.25) is 0 Å². The summed E-state index contributed by atoms with van der Waals surface area (Å²) in [6.45, 7) is 0. The van der Waals surface area contributed by atoms with Crippen LogP contribution in [0.2, 0.25) is 0 Å². The quantitative estimate of drug-likeness (QED) is 0.174. The Morgan fingerprint density at radius 2 is 0.882 bits per heavy atom. The molecular formula is C47H29N3O. The molecule has 2 aromatic heterocycles. The molecule has 0 amide bonds. The van der Waals surface area contributed by atoms with Gasteiger partial charge >= 0.3 is 0 Å². The van der Waals surface area contributed by atoms with Crippen LogP contribution in [0.25, 0.3) is 99.9 Å². The average molecular weight is 652 g/mol. The minimum atomic E-state index is 0.618. The lowest BCUT2D eigenvalue weighted by molar-refractivity contribution is 0.670. The zero-order valence-corrected chi connectivity index (χ0v) is 27.5. The summed E-state index contributed by atoms with van der Waals surface area (Å²) in [5.41, 5.74) is 8.87. The van der Waals surface area contributed by atoms with Crippen LogP contribution in [-0.2, 0) is 0 Å². The molecule has 0 radical (unpaired) electrons. The summed E-state index contributed by atoms with van der Waals surface area (Å²) >= 11 is 0. The van der Waals surface area contributed by atoms with Gasteiger partial charge in [-0.2, -0.15) is 0 Å². The first-order valence-corrected chi connectivity index (χ1v) is 17.1. The molecule has 238 valence electrons. The molecule has 0 unspecified atom stereocenters. The lowest BCUT2D eigenvalue weighted by Gasteiger charge is -2.10. The van der Waals surface area contributed by atoms with Crippen LogP contribution in [0.3, 0.4) is 0 Å². The lowest BCUT2D eigenvalue weighted by Crippen LogP contribution is -2.00. The van der Waals surface area contributed by atoms with Gasteiger partial charge in [-0.3, -0.25) is 0 Å². The van der Waals surface area contributed by atoms with Gasteiger partial charge in [0.15, 0.2) is 17.5 Å². The van der Waals surface area contributed by atoms with Crippen molar-refractivity contribution in [3.8, 4) is 56.4 Å². The van der Waals surface area contributed by atoms with E-state index in [1.807, 2.05) is 60.7 Å². The molecule has 4 heteroatoms. The van der Waals surface area contributed by atoms with Gasteiger partial charge in [-0.25, -0.2) is 15.0 Å². The van der Waals surface area contributed by atoms with E-state index in [-0.39, 0.29) is 0 Å². The minimum absolute atomic E-state index is 0.618. The highest BCUT2D eigenvalue weighted by Gasteiger charge is 2.18. The predicted molar refractivity (Wildman–Crippen MR) is 209 cm³/mol. The summed E-state index contributed by atoms with van der Waals surface area (Å²) in [6.07, 6.45) is 0. The van der Waals surface area contributed by atoms with Crippen LogP contribution < -0.4 is 0 Å². The number of hydrogen-bond acceptors (Lipinski definition) is 4. The maximum absolute atomic E-state index is 6.70. The Balaban J connectivity index is 1.10. The molecular weight excluding hydrogens is 623 g/mol. The molecule has 51 heavy (non-hydrogen) atoms. The number of para-hydroxylation sites is 1. The van der Waals surface area contributed by atoms with Crippen LogP contribution in [-0.4, -0.2) is 15.0 Å². The van der Waals surface area contributed by atoms with E-state index in [1.54, 1.807) is 0 Å². The zero-order chi connectivity index (χ0) is 33.7. The highest BCUT2D eigenvalue weighted by Crippen LogP contribution is 2.42. The number of nitrogens with zero attached hydrogens (tertiary/aromatic N) is 3. The topological polar surface area (TPSA) is 51.8 Å². The molecule has 10 rings (SSSR count). The Hall–Kier alpha value is -6.91. The normalized spacial score (nSPS) is 11.5. The highest BCUT2D eigenvalue weighted by molar-refractivity contribution is 6.16. The van der Waals surface area contributed by atoms with Gasteiger partial charge in [-0.05, 0) is 56.4 Å². The number of fused-ring (bicyclic) bond motifs is 6. The third kappa shape index (κ3) is 5.04. The number of benzene rings is 8. The van der Waals surface area contributed by atoms with Crippen LogP contribution in [0.1, 0.15) is 0 Å². The summed E-state index contributed by atoms with van der Waals surface area (Å²) in [5, 5.41) is 7.19. The molecule has 0 bridgehead atoms. The highest BCUT2D eigenvalue weighted by atomic mass is 16.3. The van der Waals surface area contributed by atoms with Crippen molar-refractivity contribution in [2.75, 3.05) is 0 Å². The molecule has 0 atom stereocenters. The number of furan rings is 1. The molecule has 0 fully saturated rings. The number of aromatic nitrogens is 3. The van der Waals surface area contributed by atoms with Crippen LogP contribution >= 0.6 is 0 Å². The minimum Gasteiger partial charge on any atom is -0.455 e. The Labute approximate surface area is 294 Å². The maximum atomic E-state index is 6.70. The van der Waals surface area contributed by atoms with E-state index in [2.05, 4.69) is 115 Å². The maximum Gasteiger partial charge on any atom is 0.164 e. The molecule has 0 aliphatic heterocycles. The third-order valence-corrected chi connectivity index (χ3v) is 9.71. The molecule has 8 aromatic carbocycles. The second-order valence-corrected chi connectivity index (χ2v) is 12.8. The fourth-order valence-electron chi connectivity index (χ4n) is 7.26. The number of hydrogen-bond donors (Lipinski definition) is 0. The van der Waals surface area contributed by atoms with Crippen LogP contribution in [0.5, 0.6) is 0 Å². The van der Waals surface area contributed by atoms with Crippen molar-refractivity contribution in [3.05, 3.63) is 176 Å². The van der Waals surface area contributed by atoms with Crippen molar-refractivity contribution in [1.29, 1.82) is 0 Å². The van der Waals surface area contributed by atoms with Gasteiger partial charge in [-0.1, -0.05) is 158 Å². The first-order valence-electron chi connectivity index (χ1n) is 17.1. The molecule has 10 aromatic rings. The van der Waals surface area contributed by atoms with E-state index in [9.17, 15) is 0 Å². The predicted octanol–water partition coefficient (Wildman–Crippen LogP) is 12.4. The molecule has 0 spiro atoms. The fourth-order valence-corrected chi connectivity index (χ4v) is 7.26. The van der Waals surface area contributed by atoms with E-state index in [4.69, 9.17) is 19.4 Å².